The summed E-state index contributed by atoms with van der Waals surface area (Å²) in [6.07, 6.45) is 3.71. The van der Waals surface area contributed by atoms with Crippen LogP contribution in [0, 0.1) is 0 Å². The van der Waals surface area contributed by atoms with Crippen molar-refractivity contribution in [2.45, 2.75) is 39.7 Å². The first-order chi connectivity index (χ1) is 6.67. The zero-order valence-electron chi connectivity index (χ0n) is 9.92. The van der Waals surface area contributed by atoms with Gasteiger partial charge < -0.3 is 10.6 Å². The minimum Gasteiger partial charge on any atom is -0.368 e. The lowest BCUT2D eigenvalue weighted by Gasteiger charge is -2.26. The molecule has 1 atom stereocenters. The quantitative estimate of drug-likeness (QED) is 0.711. The third-order valence-electron chi connectivity index (χ3n) is 2.03. The summed E-state index contributed by atoms with van der Waals surface area (Å²) in [5.74, 6) is 0.235. The van der Waals surface area contributed by atoms with E-state index in [9.17, 15) is 4.79 Å². The Morgan fingerprint density at radius 2 is 2.00 bits per heavy atom. The second-order valence-corrected chi connectivity index (χ2v) is 2.93. The molecule has 0 saturated heterocycles. The van der Waals surface area contributed by atoms with Crippen molar-refractivity contribution in [3.05, 3.63) is 12.8 Å². The molecule has 0 aliphatic heterocycles. The SMILES string of the molecule is C=CN(CC)C(CCC)C(C)=O.CN. The number of likely N-dealkylation sites (N-methyl/N-ethyl adjacent to an activating group) is 1. The maximum Gasteiger partial charge on any atom is 0.152 e. The highest BCUT2D eigenvalue weighted by Gasteiger charge is 2.16. The number of Topliss-reactive ketones (excluding diaryl/α,β-unsaturated/α-hetero) is 1. The Balaban J connectivity index is 0. The van der Waals surface area contributed by atoms with E-state index in [4.69, 9.17) is 0 Å². The van der Waals surface area contributed by atoms with Gasteiger partial charge in [0.05, 0.1) is 6.04 Å². The Kier molecular flexibility index (Phi) is 11.4. The molecule has 0 saturated carbocycles. The highest BCUT2D eigenvalue weighted by Crippen LogP contribution is 2.08. The molecule has 0 aromatic heterocycles. The van der Waals surface area contributed by atoms with Gasteiger partial charge in [-0.25, -0.2) is 0 Å². The van der Waals surface area contributed by atoms with Crippen molar-refractivity contribution in [1.82, 2.24) is 4.90 Å². The van der Waals surface area contributed by atoms with E-state index in [1.165, 1.54) is 7.05 Å². The molecule has 84 valence electrons. The van der Waals surface area contributed by atoms with Gasteiger partial charge in [-0.2, -0.15) is 0 Å². The fourth-order valence-corrected chi connectivity index (χ4v) is 1.35. The standard InChI is InChI=1S/C10H19NO.CH5N/c1-5-8-10(9(4)12)11(6-2)7-3;1-2/h6,10H,2,5,7-8H2,1,3-4H3;2H2,1H3. The Bertz CT molecular complexity index is 157. The second-order valence-electron chi connectivity index (χ2n) is 2.93. The molecule has 0 spiro atoms. The normalized spacial score (nSPS) is 10.9. The minimum absolute atomic E-state index is 0.0394. The number of nitrogens with zero attached hydrogens (tertiary/aromatic N) is 1. The van der Waals surface area contributed by atoms with Crippen LogP contribution in [0.3, 0.4) is 0 Å². The molecule has 1 unspecified atom stereocenters. The lowest BCUT2D eigenvalue weighted by atomic mass is 10.1. The van der Waals surface area contributed by atoms with Crippen molar-refractivity contribution >= 4 is 5.78 Å². The molecule has 0 heterocycles. The van der Waals surface area contributed by atoms with Crippen molar-refractivity contribution in [3.63, 3.8) is 0 Å². The topological polar surface area (TPSA) is 46.3 Å². The predicted molar refractivity (Wildman–Crippen MR) is 62.1 cm³/mol. The van der Waals surface area contributed by atoms with E-state index in [2.05, 4.69) is 19.2 Å². The molecule has 0 radical (unpaired) electrons. The van der Waals surface area contributed by atoms with Crippen LogP contribution in [0.25, 0.3) is 0 Å². The molecule has 0 aliphatic carbocycles. The number of rotatable bonds is 6. The Morgan fingerprint density at radius 1 is 1.50 bits per heavy atom. The number of ketones is 1. The Labute approximate surface area is 88.0 Å². The van der Waals surface area contributed by atoms with Gasteiger partial charge in [-0.1, -0.05) is 19.9 Å². The van der Waals surface area contributed by atoms with Gasteiger partial charge in [-0.3, -0.25) is 4.79 Å². The highest BCUT2D eigenvalue weighted by molar-refractivity contribution is 5.81. The van der Waals surface area contributed by atoms with E-state index in [1.807, 2.05) is 11.8 Å². The molecule has 0 aromatic carbocycles. The summed E-state index contributed by atoms with van der Waals surface area (Å²) in [5.41, 5.74) is 4.50. The molecule has 0 aliphatic rings. The maximum atomic E-state index is 11.2. The van der Waals surface area contributed by atoms with E-state index >= 15 is 0 Å². The second kappa shape index (κ2) is 10.3. The van der Waals surface area contributed by atoms with E-state index < -0.39 is 0 Å². The van der Waals surface area contributed by atoms with Gasteiger partial charge in [0.15, 0.2) is 5.78 Å². The summed E-state index contributed by atoms with van der Waals surface area (Å²) in [5, 5.41) is 0. The fourth-order valence-electron chi connectivity index (χ4n) is 1.35. The predicted octanol–water partition coefficient (Wildman–Crippen LogP) is 1.78. The molecule has 2 N–H and O–H groups in total. The monoisotopic (exact) mass is 200 g/mol. The summed E-state index contributed by atoms with van der Waals surface area (Å²) in [7, 11) is 1.50. The minimum atomic E-state index is 0.0394. The highest BCUT2D eigenvalue weighted by atomic mass is 16.1. The summed E-state index contributed by atoms with van der Waals surface area (Å²) < 4.78 is 0. The first-order valence-electron chi connectivity index (χ1n) is 5.13. The van der Waals surface area contributed by atoms with Crippen LogP contribution in [0.5, 0.6) is 0 Å². The summed E-state index contributed by atoms with van der Waals surface area (Å²) in [6.45, 7) is 10.3. The van der Waals surface area contributed by atoms with E-state index in [0.717, 1.165) is 19.4 Å². The number of carbonyl (C=O) groups is 1. The van der Waals surface area contributed by atoms with Gasteiger partial charge in [0.25, 0.3) is 0 Å². The smallest absolute Gasteiger partial charge is 0.152 e. The van der Waals surface area contributed by atoms with E-state index in [0.29, 0.717) is 0 Å². The van der Waals surface area contributed by atoms with Crippen LogP contribution in [0.4, 0.5) is 0 Å². The van der Waals surface area contributed by atoms with Gasteiger partial charge in [-0.15, -0.1) is 0 Å². The summed E-state index contributed by atoms with van der Waals surface area (Å²) >= 11 is 0. The van der Waals surface area contributed by atoms with Crippen LogP contribution >= 0.6 is 0 Å². The van der Waals surface area contributed by atoms with Crippen molar-refractivity contribution in [3.8, 4) is 0 Å². The van der Waals surface area contributed by atoms with Crippen LogP contribution in [-0.2, 0) is 4.79 Å². The average molecular weight is 200 g/mol. The molecule has 0 aromatic rings. The average Bonchev–Trinajstić information content (AvgIpc) is 2.21. The van der Waals surface area contributed by atoms with Gasteiger partial charge >= 0.3 is 0 Å². The summed E-state index contributed by atoms with van der Waals surface area (Å²) in [4.78, 5) is 13.2. The first-order valence-corrected chi connectivity index (χ1v) is 5.13. The Hall–Kier alpha value is -0.830. The molecule has 3 nitrogen and oxygen atoms in total. The third-order valence-corrected chi connectivity index (χ3v) is 2.03. The van der Waals surface area contributed by atoms with E-state index in [-0.39, 0.29) is 11.8 Å². The molecule has 0 rings (SSSR count). The van der Waals surface area contributed by atoms with Crippen LogP contribution in [0.1, 0.15) is 33.6 Å². The van der Waals surface area contributed by atoms with Gasteiger partial charge in [0.2, 0.25) is 0 Å². The van der Waals surface area contributed by atoms with Crippen LogP contribution in [0.2, 0.25) is 0 Å². The van der Waals surface area contributed by atoms with Crippen molar-refractivity contribution < 1.29 is 4.79 Å². The number of nitrogens with two attached hydrogens (primary N) is 1. The largest absolute Gasteiger partial charge is 0.368 e. The van der Waals surface area contributed by atoms with Crippen molar-refractivity contribution in [2.75, 3.05) is 13.6 Å². The molecular formula is C11H24N2O. The summed E-state index contributed by atoms with van der Waals surface area (Å²) in [6, 6.07) is 0.0394. The number of hydrogen-bond donors (Lipinski definition) is 1. The lowest BCUT2D eigenvalue weighted by molar-refractivity contribution is -0.121. The molecule has 0 bridgehead atoms. The van der Waals surface area contributed by atoms with Gasteiger partial charge in [-0.05, 0) is 33.5 Å². The van der Waals surface area contributed by atoms with Crippen LogP contribution < -0.4 is 5.73 Å². The zero-order chi connectivity index (χ0) is 11.6. The van der Waals surface area contributed by atoms with Crippen LogP contribution in [-0.4, -0.2) is 30.3 Å². The van der Waals surface area contributed by atoms with Gasteiger partial charge in [0.1, 0.15) is 0 Å². The lowest BCUT2D eigenvalue weighted by Crippen LogP contribution is -2.35. The molecule has 3 heteroatoms. The molecule has 0 amide bonds. The first kappa shape index (κ1) is 15.6. The number of carbonyl (C=O) groups excluding carboxylic acids is 1. The zero-order valence-corrected chi connectivity index (χ0v) is 9.92. The molecule has 0 fully saturated rings. The van der Waals surface area contributed by atoms with Crippen LogP contribution in [0.15, 0.2) is 12.8 Å². The fraction of sp³-hybridized carbons (Fsp3) is 0.727. The maximum absolute atomic E-state index is 11.2. The molecule has 14 heavy (non-hydrogen) atoms. The Morgan fingerprint density at radius 3 is 2.21 bits per heavy atom. The van der Waals surface area contributed by atoms with Gasteiger partial charge in [0, 0.05) is 6.54 Å². The number of hydrogen-bond acceptors (Lipinski definition) is 3. The molecular weight excluding hydrogens is 176 g/mol. The van der Waals surface area contributed by atoms with Crippen molar-refractivity contribution in [1.29, 1.82) is 0 Å². The van der Waals surface area contributed by atoms with Crippen molar-refractivity contribution in [2.24, 2.45) is 5.73 Å². The third kappa shape index (κ3) is 5.75. The van der Waals surface area contributed by atoms with E-state index in [1.54, 1.807) is 13.1 Å².